The maximum absolute atomic E-state index is 13.9. The Balaban J connectivity index is 1.59. The molecule has 2 heterocycles. The number of sulfonamides is 1. The highest BCUT2D eigenvalue weighted by molar-refractivity contribution is 7.92. The number of aliphatic carboxylic acids is 1. The number of alkyl halides is 3. The van der Waals surface area contributed by atoms with E-state index in [0.717, 1.165) is 22.4 Å². The molecule has 38 heavy (non-hydrogen) atoms. The van der Waals surface area contributed by atoms with Crippen LogP contribution in [0, 0.1) is 12.3 Å². The van der Waals surface area contributed by atoms with E-state index < -0.39 is 39.4 Å². The van der Waals surface area contributed by atoms with E-state index in [1.165, 1.54) is 42.5 Å². The summed E-state index contributed by atoms with van der Waals surface area (Å²) in [5.41, 5.74) is -0.843. The third kappa shape index (κ3) is 4.70. The van der Waals surface area contributed by atoms with Crippen LogP contribution in [0.3, 0.4) is 0 Å². The molecule has 11 heteroatoms. The SMILES string of the molecule is Cc1cccc(S(=O)(=O)N2C[C@H](CC3(C(=O)O)CCC3)Oc3ccc(-c4cccc(C(F)(F)F)n4)cc32)c1. The zero-order valence-corrected chi connectivity index (χ0v) is 21.2. The molecule has 1 aliphatic carbocycles. The van der Waals surface area contributed by atoms with Gasteiger partial charge in [-0.1, -0.05) is 24.6 Å². The summed E-state index contributed by atoms with van der Waals surface area (Å²) in [6.07, 6.45) is -3.48. The lowest BCUT2D eigenvalue weighted by Crippen LogP contribution is -2.49. The van der Waals surface area contributed by atoms with Crippen molar-refractivity contribution < 1.29 is 36.2 Å². The van der Waals surface area contributed by atoms with Gasteiger partial charge in [-0.05, 0) is 67.8 Å². The topological polar surface area (TPSA) is 96.8 Å². The zero-order valence-electron chi connectivity index (χ0n) is 20.4. The lowest BCUT2D eigenvalue weighted by Gasteiger charge is -2.43. The number of nitrogens with zero attached hydrogens (tertiary/aromatic N) is 2. The molecule has 0 unspecified atom stereocenters. The van der Waals surface area contributed by atoms with Crippen LogP contribution in [0.4, 0.5) is 18.9 Å². The molecule has 2 aromatic carbocycles. The van der Waals surface area contributed by atoms with Gasteiger partial charge in [-0.3, -0.25) is 9.10 Å². The van der Waals surface area contributed by atoms with E-state index in [0.29, 0.717) is 12.8 Å². The summed E-state index contributed by atoms with van der Waals surface area (Å²) in [6, 6.07) is 14.3. The minimum Gasteiger partial charge on any atom is -0.486 e. The van der Waals surface area contributed by atoms with Gasteiger partial charge in [0.25, 0.3) is 10.0 Å². The summed E-state index contributed by atoms with van der Waals surface area (Å²) in [5, 5.41) is 9.81. The smallest absolute Gasteiger partial charge is 0.433 e. The number of carboxylic acids is 1. The van der Waals surface area contributed by atoms with Gasteiger partial charge in [0, 0.05) is 12.0 Å². The van der Waals surface area contributed by atoms with E-state index in [1.807, 2.05) is 0 Å². The molecule has 0 spiro atoms. The molecule has 1 aromatic heterocycles. The average Bonchev–Trinajstić information content (AvgIpc) is 2.84. The van der Waals surface area contributed by atoms with Crippen LogP contribution in [0.15, 0.2) is 65.6 Å². The second kappa shape index (κ2) is 9.30. The summed E-state index contributed by atoms with van der Waals surface area (Å²) in [6.45, 7) is 1.62. The second-order valence-electron chi connectivity index (χ2n) is 9.82. The number of hydrogen-bond donors (Lipinski definition) is 1. The van der Waals surface area contributed by atoms with Crippen LogP contribution in [0.5, 0.6) is 5.75 Å². The molecule has 2 aliphatic rings. The molecule has 0 radical (unpaired) electrons. The molecule has 7 nitrogen and oxygen atoms in total. The van der Waals surface area contributed by atoms with Crippen LogP contribution in [0.25, 0.3) is 11.3 Å². The highest BCUT2D eigenvalue weighted by Crippen LogP contribution is 2.48. The van der Waals surface area contributed by atoms with E-state index in [1.54, 1.807) is 19.1 Å². The van der Waals surface area contributed by atoms with E-state index in [4.69, 9.17) is 4.74 Å². The number of ether oxygens (including phenoxy) is 1. The maximum atomic E-state index is 13.9. The van der Waals surface area contributed by atoms with Gasteiger partial charge in [-0.2, -0.15) is 13.2 Å². The Morgan fingerprint density at radius 3 is 2.50 bits per heavy atom. The van der Waals surface area contributed by atoms with Crippen molar-refractivity contribution in [2.75, 3.05) is 10.8 Å². The Bertz CT molecular complexity index is 1500. The number of aryl methyl sites for hydroxylation is 1. The molecule has 1 saturated carbocycles. The van der Waals surface area contributed by atoms with Crippen molar-refractivity contribution in [1.82, 2.24) is 4.98 Å². The highest BCUT2D eigenvalue weighted by Gasteiger charge is 2.48. The number of pyridine rings is 1. The van der Waals surface area contributed by atoms with Gasteiger partial charge in [0.1, 0.15) is 17.5 Å². The normalized spacial score (nSPS) is 18.7. The van der Waals surface area contributed by atoms with Crippen molar-refractivity contribution >= 4 is 21.7 Å². The van der Waals surface area contributed by atoms with Crippen molar-refractivity contribution in [3.05, 3.63) is 71.9 Å². The monoisotopic (exact) mass is 546 g/mol. The predicted octanol–water partition coefficient (Wildman–Crippen LogP) is 5.68. The standard InChI is InChI=1S/C27H25F3N2O5S/c1-17-5-2-6-20(13-17)38(35,36)32-16-19(15-26(25(33)34)11-4-12-26)37-23-10-9-18(14-22(23)32)21-7-3-8-24(31-21)27(28,29)30/h2-3,5-10,13-14,19H,4,11-12,15-16H2,1H3,(H,33,34)/t19-/m0/s1. The van der Waals surface area contributed by atoms with E-state index in [2.05, 4.69) is 4.98 Å². The molecule has 1 aliphatic heterocycles. The number of carbonyl (C=O) groups is 1. The summed E-state index contributed by atoms with van der Waals surface area (Å²) >= 11 is 0. The zero-order chi connectivity index (χ0) is 27.3. The Morgan fingerprint density at radius 2 is 1.87 bits per heavy atom. The number of hydrogen-bond acceptors (Lipinski definition) is 5. The number of fused-ring (bicyclic) bond motifs is 1. The largest absolute Gasteiger partial charge is 0.486 e. The molecule has 1 fully saturated rings. The fourth-order valence-electron chi connectivity index (χ4n) is 5.01. The van der Waals surface area contributed by atoms with Crippen LogP contribution in [0.2, 0.25) is 0 Å². The third-order valence-corrected chi connectivity index (χ3v) is 8.96. The number of carboxylic acid groups (broad SMARTS) is 1. The molecule has 3 aromatic rings. The minimum atomic E-state index is -4.64. The predicted molar refractivity (Wildman–Crippen MR) is 133 cm³/mol. The van der Waals surface area contributed by atoms with Gasteiger partial charge < -0.3 is 9.84 Å². The summed E-state index contributed by atoms with van der Waals surface area (Å²) < 4.78 is 74.7. The van der Waals surface area contributed by atoms with Gasteiger partial charge in [-0.25, -0.2) is 13.4 Å². The molecular formula is C27H25F3N2O5S. The van der Waals surface area contributed by atoms with E-state index in [-0.39, 0.29) is 40.6 Å². The fourth-order valence-corrected chi connectivity index (χ4v) is 6.61. The first-order valence-corrected chi connectivity index (χ1v) is 13.5. The molecule has 5 rings (SSSR count). The Morgan fingerprint density at radius 1 is 1.13 bits per heavy atom. The molecule has 0 bridgehead atoms. The van der Waals surface area contributed by atoms with Crippen LogP contribution in [-0.4, -0.2) is 37.1 Å². The van der Waals surface area contributed by atoms with Crippen molar-refractivity contribution in [2.45, 2.75) is 49.8 Å². The first-order chi connectivity index (χ1) is 17.9. The lowest BCUT2D eigenvalue weighted by atomic mass is 9.65. The van der Waals surface area contributed by atoms with Crippen molar-refractivity contribution in [3.8, 4) is 17.0 Å². The van der Waals surface area contributed by atoms with E-state index in [9.17, 15) is 31.5 Å². The van der Waals surface area contributed by atoms with E-state index >= 15 is 0 Å². The number of halogens is 3. The van der Waals surface area contributed by atoms with Crippen LogP contribution < -0.4 is 9.04 Å². The number of rotatable bonds is 6. The van der Waals surface area contributed by atoms with Crippen LogP contribution in [0.1, 0.15) is 36.9 Å². The average molecular weight is 547 g/mol. The molecule has 1 atom stereocenters. The molecule has 1 N–H and O–H groups in total. The molecule has 200 valence electrons. The maximum Gasteiger partial charge on any atom is 0.433 e. The molecular weight excluding hydrogens is 521 g/mol. The van der Waals surface area contributed by atoms with Crippen molar-refractivity contribution in [3.63, 3.8) is 0 Å². The first-order valence-electron chi connectivity index (χ1n) is 12.1. The van der Waals surface area contributed by atoms with Crippen molar-refractivity contribution in [2.24, 2.45) is 5.41 Å². The third-order valence-electron chi connectivity index (χ3n) is 7.19. The molecule has 0 saturated heterocycles. The van der Waals surface area contributed by atoms with Gasteiger partial charge in [0.05, 0.1) is 28.2 Å². The Hall–Kier alpha value is -3.60. The first kappa shape index (κ1) is 26.0. The summed E-state index contributed by atoms with van der Waals surface area (Å²) in [4.78, 5) is 15.8. The lowest BCUT2D eigenvalue weighted by molar-refractivity contribution is -0.156. The van der Waals surface area contributed by atoms with Crippen molar-refractivity contribution in [1.29, 1.82) is 0 Å². The minimum absolute atomic E-state index is 0.0250. The number of aromatic nitrogens is 1. The van der Waals surface area contributed by atoms with Crippen LogP contribution >= 0.6 is 0 Å². The second-order valence-corrected chi connectivity index (χ2v) is 11.7. The van der Waals surface area contributed by atoms with Gasteiger partial charge in [0.2, 0.25) is 0 Å². The Kier molecular flexibility index (Phi) is 6.37. The van der Waals surface area contributed by atoms with Crippen LogP contribution in [-0.2, 0) is 21.0 Å². The molecule has 0 amide bonds. The summed E-state index contributed by atoms with van der Waals surface area (Å²) in [7, 11) is -4.12. The van der Waals surface area contributed by atoms with Gasteiger partial charge >= 0.3 is 12.1 Å². The highest BCUT2D eigenvalue weighted by atomic mass is 32.2. The fraction of sp³-hybridized carbons (Fsp3) is 0.333. The van der Waals surface area contributed by atoms with Gasteiger partial charge in [0.15, 0.2) is 0 Å². The number of benzene rings is 2. The number of anilines is 1. The quantitative estimate of drug-likeness (QED) is 0.428. The Labute approximate surface area is 217 Å². The van der Waals surface area contributed by atoms with Gasteiger partial charge in [-0.15, -0.1) is 0 Å². The summed E-state index contributed by atoms with van der Waals surface area (Å²) in [5.74, 6) is -0.731.